The van der Waals surface area contributed by atoms with Gasteiger partial charge in [-0.3, -0.25) is 4.99 Å². The molecule has 2 aliphatic rings. The Morgan fingerprint density at radius 3 is 2.52 bits per heavy atom. The molecule has 1 aliphatic carbocycles. The van der Waals surface area contributed by atoms with Gasteiger partial charge in [0.1, 0.15) is 0 Å². The highest BCUT2D eigenvalue weighted by Gasteiger charge is 2.35. The zero-order chi connectivity index (χ0) is 15.5. The Bertz CT molecular complexity index is 514. The number of guanidine groups is 1. The van der Waals surface area contributed by atoms with Gasteiger partial charge in [-0.2, -0.15) is 0 Å². The Labute approximate surface area is 156 Å². The van der Waals surface area contributed by atoms with Crippen LogP contribution in [0, 0.1) is 11.8 Å². The number of nitrogens with one attached hydrogen (secondary N) is 1. The Kier molecular flexibility index (Phi) is 6.73. The Hall–Kier alpha value is -0.790. The number of fused-ring (bicyclic) bond motifs is 1. The van der Waals surface area contributed by atoms with Gasteiger partial charge in [-0.05, 0) is 30.6 Å². The van der Waals surface area contributed by atoms with E-state index in [1.54, 1.807) is 0 Å². The van der Waals surface area contributed by atoms with Crippen LogP contribution in [0.2, 0.25) is 0 Å². The number of aromatic nitrogens is 1. The molecule has 0 amide bonds. The molecule has 2 unspecified atom stereocenters. The van der Waals surface area contributed by atoms with Gasteiger partial charge in [0.05, 0.1) is 12.2 Å². The first-order chi connectivity index (χ1) is 10.7. The number of aliphatic imine (C=N–C) groups is 1. The molecule has 1 saturated heterocycles. The lowest BCUT2D eigenvalue weighted by atomic mass is 9.82. The summed E-state index contributed by atoms with van der Waals surface area (Å²) in [6.07, 6.45) is 5.57. The van der Waals surface area contributed by atoms with E-state index < -0.39 is 0 Å². The molecule has 0 spiro atoms. The van der Waals surface area contributed by atoms with Crippen LogP contribution in [0.3, 0.4) is 0 Å². The van der Waals surface area contributed by atoms with Crippen molar-refractivity contribution in [1.82, 2.24) is 15.4 Å². The normalized spacial score (nSPS) is 24.5. The second-order valence-electron chi connectivity index (χ2n) is 6.98. The van der Waals surface area contributed by atoms with Gasteiger partial charge in [0.2, 0.25) is 0 Å². The average Bonchev–Trinajstić information content (AvgIpc) is 3.14. The van der Waals surface area contributed by atoms with Gasteiger partial charge in [-0.25, -0.2) is 0 Å². The van der Waals surface area contributed by atoms with Crippen LogP contribution in [-0.2, 0) is 6.54 Å². The van der Waals surface area contributed by atoms with Crippen LogP contribution >= 0.6 is 24.0 Å². The molecule has 1 aromatic rings. The third-order valence-corrected chi connectivity index (χ3v) is 5.08. The summed E-state index contributed by atoms with van der Waals surface area (Å²) in [5.41, 5.74) is 1.01. The summed E-state index contributed by atoms with van der Waals surface area (Å²) in [6, 6.07) is 2.04. The molecule has 2 heterocycles. The van der Waals surface area contributed by atoms with Gasteiger partial charge in [0.15, 0.2) is 11.7 Å². The number of nitrogens with zero attached hydrogens (tertiary/aromatic N) is 3. The quantitative estimate of drug-likeness (QED) is 0.451. The first-order valence-corrected chi connectivity index (χ1v) is 8.58. The molecule has 2 fully saturated rings. The second-order valence-corrected chi connectivity index (χ2v) is 6.98. The highest BCUT2D eigenvalue weighted by Crippen LogP contribution is 2.35. The van der Waals surface area contributed by atoms with Crippen LogP contribution < -0.4 is 5.32 Å². The highest BCUT2D eigenvalue weighted by atomic mass is 127. The maximum atomic E-state index is 5.39. The third-order valence-electron chi connectivity index (χ3n) is 5.08. The van der Waals surface area contributed by atoms with Crippen molar-refractivity contribution in [3.8, 4) is 0 Å². The van der Waals surface area contributed by atoms with Crippen molar-refractivity contribution in [3.05, 3.63) is 17.5 Å². The fraction of sp³-hybridized carbons (Fsp3) is 0.765. The molecule has 1 aromatic heterocycles. The smallest absolute Gasteiger partial charge is 0.194 e. The van der Waals surface area contributed by atoms with Gasteiger partial charge in [0, 0.05) is 26.2 Å². The SMILES string of the molecule is CN=C(NCc1cc(C(C)C)no1)N1CC2CCCCC2C1.I. The van der Waals surface area contributed by atoms with E-state index in [-0.39, 0.29) is 24.0 Å². The fourth-order valence-electron chi connectivity index (χ4n) is 3.76. The first kappa shape index (κ1) is 18.5. The monoisotopic (exact) mass is 432 g/mol. The summed E-state index contributed by atoms with van der Waals surface area (Å²) < 4.78 is 5.39. The van der Waals surface area contributed by atoms with E-state index in [1.807, 2.05) is 13.1 Å². The van der Waals surface area contributed by atoms with E-state index in [1.165, 1.54) is 25.7 Å². The molecule has 3 rings (SSSR count). The molecule has 2 atom stereocenters. The molecule has 0 bridgehead atoms. The molecular formula is C17H29IN4O. The predicted octanol–water partition coefficient (Wildman–Crippen LogP) is 3.61. The largest absolute Gasteiger partial charge is 0.359 e. The Balaban J connectivity index is 0.00000192. The van der Waals surface area contributed by atoms with Gasteiger partial charge in [-0.1, -0.05) is 31.8 Å². The molecule has 0 radical (unpaired) electrons. The third kappa shape index (κ3) is 4.39. The van der Waals surface area contributed by atoms with Crippen molar-refractivity contribution in [1.29, 1.82) is 0 Å². The molecule has 0 aromatic carbocycles. The van der Waals surface area contributed by atoms with Crippen LogP contribution in [0.5, 0.6) is 0 Å². The van der Waals surface area contributed by atoms with E-state index in [2.05, 4.69) is 34.2 Å². The summed E-state index contributed by atoms with van der Waals surface area (Å²) in [7, 11) is 1.87. The summed E-state index contributed by atoms with van der Waals surface area (Å²) >= 11 is 0. The van der Waals surface area contributed by atoms with Crippen LogP contribution in [0.25, 0.3) is 0 Å². The highest BCUT2D eigenvalue weighted by molar-refractivity contribution is 14.0. The van der Waals surface area contributed by atoms with Crippen molar-refractivity contribution in [2.24, 2.45) is 16.8 Å². The van der Waals surface area contributed by atoms with E-state index in [4.69, 9.17) is 4.52 Å². The van der Waals surface area contributed by atoms with Crippen LogP contribution in [0.4, 0.5) is 0 Å². The maximum Gasteiger partial charge on any atom is 0.194 e. The van der Waals surface area contributed by atoms with E-state index >= 15 is 0 Å². The van der Waals surface area contributed by atoms with Crippen molar-refractivity contribution in [2.45, 2.75) is 52.0 Å². The van der Waals surface area contributed by atoms with E-state index in [0.717, 1.165) is 42.3 Å². The minimum absolute atomic E-state index is 0. The van der Waals surface area contributed by atoms with Gasteiger partial charge >= 0.3 is 0 Å². The lowest BCUT2D eigenvalue weighted by Crippen LogP contribution is -2.39. The van der Waals surface area contributed by atoms with Gasteiger partial charge in [0.25, 0.3) is 0 Å². The van der Waals surface area contributed by atoms with Crippen LogP contribution in [-0.4, -0.2) is 36.2 Å². The van der Waals surface area contributed by atoms with E-state index in [0.29, 0.717) is 12.5 Å². The Morgan fingerprint density at radius 2 is 2.00 bits per heavy atom. The van der Waals surface area contributed by atoms with Crippen molar-refractivity contribution >= 4 is 29.9 Å². The fourth-order valence-corrected chi connectivity index (χ4v) is 3.76. The molecule has 23 heavy (non-hydrogen) atoms. The summed E-state index contributed by atoms with van der Waals surface area (Å²) in [6.45, 7) is 7.20. The Morgan fingerprint density at radius 1 is 1.35 bits per heavy atom. The average molecular weight is 432 g/mol. The van der Waals surface area contributed by atoms with Crippen molar-refractivity contribution in [3.63, 3.8) is 0 Å². The number of likely N-dealkylation sites (tertiary alicyclic amines) is 1. The van der Waals surface area contributed by atoms with Crippen molar-refractivity contribution in [2.75, 3.05) is 20.1 Å². The maximum absolute atomic E-state index is 5.39. The number of rotatable bonds is 3. The van der Waals surface area contributed by atoms with Crippen LogP contribution in [0.15, 0.2) is 15.6 Å². The molecule has 130 valence electrons. The van der Waals surface area contributed by atoms with E-state index in [9.17, 15) is 0 Å². The van der Waals surface area contributed by atoms with Gasteiger partial charge in [-0.15, -0.1) is 24.0 Å². The zero-order valence-electron chi connectivity index (χ0n) is 14.4. The molecule has 1 N–H and O–H groups in total. The molecule has 6 heteroatoms. The summed E-state index contributed by atoms with van der Waals surface area (Å²) in [4.78, 5) is 6.87. The molecular weight excluding hydrogens is 403 g/mol. The number of hydrogen-bond acceptors (Lipinski definition) is 3. The minimum atomic E-state index is 0. The van der Waals surface area contributed by atoms with Crippen LogP contribution in [0.1, 0.15) is 56.9 Å². The molecule has 1 aliphatic heterocycles. The topological polar surface area (TPSA) is 53.7 Å². The molecule has 1 saturated carbocycles. The number of hydrogen-bond donors (Lipinski definition) is 1. The first-order valence-electron chi connectivity index (χ1n) is 8.58. The predicted molar refractivity (Wildman–Crippen MR) is 103 cm³/mol. The zero-order valence-corrected chi connectivity index (χ0v) is 16.7. The standard InChI is InChI=1S/C17H28N4O.HI/c1-12(2)16-8-15(22-20-16)9-19-17(18-3)21-10-13-6-4-5-7-14(13)11-21;/h8,12-14H,4-7,9-11H2,1-3H3,(H,18,19);1H. The van der Waals surface area contributed by atoms with Gasteiger partial charge < -0.3 is 14.7 Å². The second kappa shape index (κ2) is 8.35. The lowest BCUT2D eigenvalue weighted by Gasteiger charge is -2.22. The summed E-state index contributed by atoms with van der Waals surface area (Å²) in [5, 5.41) is 7.54. The number of halogens is 1. The van der Waals surface area contributed by atoms with Crippen molar-refractivity contribution < 1.29 is 4.52 Å². The molecule has 5 nitrogen and oxygen atoms in total. The minimum Gasteiger partial charge on any atom is -0.359 e. The lowest BCUT2D eigenvalue weighted by molar-refractivity contribution is 0.299. The summed E-state index contributed by atoms with van der Waals surface area (Å²) in [5.74, 6) is 4.01.